The molecule has 0 saturated heterocycles. The van der Waals surface area contributed by atoms with E-state index in [0.717, 1.165) is 49.0 Å². The lowest BCUT2D eigenvalue weighted by molar-refractivity contribution is 0.281. The number of hydrogen-bond acceptors (Lipinski definition) is 2. The molecule has 2 nitrogen and oxygen atoms in total. The Bertz CT molecular complexity index is 1260. The molecule has 0 amide bonds. The summed E-state index contributed by atoms with van der Waals surface area (Å²) in [4.78, 5) is 0. The number of benzene rings is 4. The van der Waals surface area contributed by atoms with Crippen LogP contribution in [0.25, 0.3) is 23.8 Å². The number of aliphatic hydroxyl groups is 2. The molecule has 4 rings (SSSR count). The fourth-order valence-electron chi connectivity index (χ4n) is 3.68. The highest BCUT2D eigenvalue weighted by atomic mass is 79.9. The Morgan fingerprint density at radius 2 is 0.943 bits per heavy atom. The second kappa shape index (κ2) is 12.3. The summed E-state index contributed by atoms with van der Waals surface area (Å²) in [6, 6.07) is 32.5. The van der Waals surface area contributed by atoms with Gasteiger partial charge in [-0.25, -0.2) is 0 Å². The lowest BCUT2D eigenvalue weighted by atomic mass is 9.95. The molecule has 0 fully saturated rings. The number of rotatable bonds is 8. The predicted molar refractivity (Wildman–Crippen MR) is 150 cm³/mol. The van der Waals surface area contributed by atoms with Gasteiger partial charge in [0, 0.05) is 4.47 Å². The van der Waals surface area contributed by atoms with Crippen LogP contribution in [0.1, 0.15) is 38.9 Å². The van der Waals surface area contributed by atoms with Gasteiger partial charge in [-0.1, -0.05) is 131 Å². The van der Waals surface area contributed by atoms with E-state index < -0.39 is 0 Å². The summed E-state index contributed by atoms with van der Waals surface area (Å²) in [6.07, 6.45) is 10.5. The third kappa shape index (κ3) is 7.00. The summed E-state index contributed by atoms with van der Waals surface area (Å²) >= 11 is 3.46. The molecule has 35 heavy (non-hydrogen) atoms. The minimum absolute atomic E-state index is 0.0265. The number of aliphatic hydroxyl groups excluding tert-OH is 2. The van der Waals surface area contributed by atoms with Crippen molar-refractivity contribution in [2.75, 3.05) is 0 Å². The van der Waals surface area contributed by atoms with Gasteiger partial charge in [-0.3, -0.25) is 0 Å². The van der Waals surface area contributed by atoms with Crippen LogP contribution in [0, 0.1) is 0 Å². The molecule has 0 radical (unpaired) electrons. The van der Waals surface area contributed by atoms with Gasteiger partial charge >= 0.3 is 0 Å². The highest BCUT2D eigenvalue weighted by Gasteiger charge is 2.05. The maximum atomic E-state index is 9.37. The third-order valence-corrected chi connectivity index (χ3v) is 6.25. The van der Waals surface area contributed by atoms with Crippen molar-refractivity contribution in [1.82, 2.24) is 0 Å². The van der Waals surface area contributed by atoms with Crippen LogP contribution in [0.5, 0.6) is 0 Å². The Balaban J connectivity index is 1.53. The molecule has 0 aliphatic heterocycles. The smallest absolute Gasteiger partial charge is 0.0681 e. The van der Waals surface area contributed by atoms with Crippen molar-refractivity contribution < 1.29 is 10.2 Å². The van der Waals surface area contributed by atoms with E-state index in [1.807, 2.05) is 60.7 Å². The molecule has 0 spiro atoms. The first-order chi connectivity index (χ1) is 17.1. The van der Waals surface area contributed by atoms with Crippen molar-refractivity contribution >= 4 is 39.7 Å². The van der Waals surface area contributed by atoms with E-state index in [0.29, 0.717) is 0 Å². The van der Waals surface area contributed by atoms with Crippen LogP contribution in [-0.2, 0) is 13.2 Å². The molecular weight excluding hydrogens is 496 g/mol. The van der Waals surface area contributed by atoms with E-state index in [2.05, 4.69) is 82.7 Å². The lowest BCUT2D eigenvalue weighted by Gasteiger charge is -2.09. The molecule has 2 N–H and O–H groups in total. The van der Waals surface area contributed by atoms with Crippen molar-refractivity contribution in [2.45, 2.75) is 13.2 Å². The van der Waals surface area contributed by atoms with Gasteiger partial charge in [0.15, 0.2) is 0 Å². The minimum Gasteiger partial charge on any atom is -0.392 e. The largest absolute Gasteiger partial charge is 0.392 e. The van der Waals surface area contributed by atoms with Gasteiger partial charge in [-0.15, -0.1) is 0 Å². The van der Waals surface area contributed by atoms with Crippen LogP contribution in [0.4, 0.5) is 0 Å². The predicted octanol–water partition coefficient (Wildman–Crippen LogP) is 7.75. The quantitative estimate of drug-likeness (QED) is 0.183. The van der Waals surface area contributed by atoms with Gasteiger partial charge in [0.25, 0.3) is 0 Å². The van der Waals surface area contributed by atoms with E-state index in [9.17, 15) is 10.2 Å². The zero-order valence-electron chi connectivity index (χ0n) is 19.3. The summed E-state index contributed by atoms with van der Waals surface area (Å²) in [6.45, 7) is 0.0531. The molecule has 0 atom stereocenters. The zero-order chi connectivity index (χ0) is 24.5. The average Bonchev–Trinajstić information content (AvgIpc) is 2.92. The Morgan fingerprint density at radius 3 is 1.37 bits per heavy atom. The van der Waals surface area contributed by atoms with E-state index in [-0.39, 0.29) is 13.2 Å². The molecule has 0 bridgehead atoms. The molecule has 3 heteroatoms. The van der Waals surface area contributed by atoms with Crippen molar-refractivity contribution in [2.24, 2.45) is 0 Å². The van der Waals surface area contributed by atoms with Gasteiger partial charge < -0.3 is 10.2 Å². The number of allylic oxidation sites excluding steroid dienone is 2. The Hall–Kier alpha value is -3.50. The van der Waals surface area contributed by atoms with Crippen molar-refractivity contribution in [1.29, 1.82) is 0 Å². The van der Waals surface area contributed by atoms with E-state index >= 15 is 0 Å². The van der Waals surface area contributed by atoms with Crippen LogP contribution < -0.4 is 0 Å². The summed E-state index contributed by atoms with van der Waals surface area (Å²) in [5.74, 6) is 0. The molecule has 0 aromatic heterocycles. The first kappa shape index (κ1) is 24.6. The van der Waals surface area contributed by atoms with Crippen molar-refractivity contribution in [3.05, 3.63) is 153 Å². The first-order valence-electron chi connectivity index (χ1n) is 11.5. The molecular formula is C32H27BrO2. The standard InChI is InChI=1S/C32H27BrO2/c33-31-20-14-26(15-21-31)9-8-25-6-4-24(5-7-25)2-1-3-32(29-16-10-27(22-34)11-17-29)30-18-12-28(23-35)13-19-30/h1-21,34-35H,22-23H2. The second-order valence-corrected chi connectivity index (χ2v) is 9.12. The van der Waals surface area contributed by atoms with Crippen LogP contribution in [-0.4, -0.2) is 10.2 Å². The zero-order valence-corrected chi connectivity index (χ0v) is 20.9. The van der Waals surface area contributed by atoms with Crippen LogP contribution in [0.3, 0.4) is 0 Å². The van der Waals surface area contributed by atoms with Crippen LogP contribution in [0.15, 0.2) is 114 Å². The van der Waals surface area contributed by atoms with Gasteiger partial charge in [-0.05, 0) is 56.6 Å². The molecule has 0 aliphatic carbocycles. The first-order valence-corrected chi connectivity index (χ1v) is 12.3. The molecule has 0 heterocycles. The van der Waals surface area contributed by atoms with E-state index in [4.69, 9.17) is 0 Å². The molecule has 174 valence electrons. The maximum Gasteiger partial charge on any atom is 0.0681 e. The third-order valence-electron chi connectivity index (χ3n) is 5.72. The summed E-state index contributed by atoms with van der Waals surface area (Å²) in [5.41, 5.74) is 8.40. The Labute approximate surface area is 215 Å². The molecule has 0 unspecified atom stereocenters. The topological polar surface area (TPSA) is 40.5 Å². The molecule has 0 aliphatic rings. The minimum atomic E-state index is 0.0265. The normalized spacial score (nSPS) is 11.3. The highest BCUT2D eigenvalue weighted by molar-refractivity contribution is 9.10. The fourth-order valence-corrected chi connectivity index (χ4v) is 3.94. The maximum absolute atomic E-state index is 9.37. The van der Waals surface area contributed by atoms with Gasteiger partial charge in [0.2, 0.25) is 0 Å². The number of halogens is 1. The Kier molecular flexibility index (Phi) is 8.63. The highest BCUT2D eigenvalue weighted by Crippen LogP contribution is 2.25. The monoisotopic (exact) mass is 522 g/mol. The Morgan fingerprint density at radius 1 is 0.543 bits per heavy atom. The van der Waals surface area contributed by atoms with Crippen LogP contribution >= 0.6 is 15.9 Å². The van der Waals surface area contributed by atoms with E-state index in [1.54, 1.807) is 0 Å². The summed E-state index contributed by atoms with van der Waals surface area (Å²) < 4.78 is 1.08. The second-order valence-electron chi connectivity index (χ2n) is 8.20. The molecule has 0 saturated carbocycles. The number of hydrogen-bond donors (Lipinski definition) is 2. The van der Waals surface area contributed by atoms with E-state index in [1.165, 1.54) is 0 Å². The summed E-state index contributed by atoms with van der Waals surface area (Å²) in [5, 5.41) is 18.7. The van der Waals surface area contributed by atoms with Gasteiger partial charge in [-0.2, -0.15) is 0 Å². The van der Waals surface area contributed by atoms with Gasteiger partial charge in [0.1, 0.15) is 0 Å². The summed E-state index contributed by atoms with van der Waals surface area (Å²) in [7, 11) is 0. The van der Waals surface area contributed by atoms with Crippen molar-refractivity contribution in [3.63, 3.8) is 0 Å². The molecule has 4 aromatic rings. The fraction of sp³-hybridized carbons (Fsp3) is 0.0625. The average molecular weight is 523 g/mol. The van der Waals surface area contributed by atoms with Crippen LogP contribution in [0.2, 0.25) is 0 Å². The SMILES string of the molecule is OCc1ccc(C(=CC=Cc2ccc(C=Cc3ccc(Br)cc3)cc2)c2ccc(CO)cc2)cc1. The molecule has 4 aromatic carbocycles. The van der Waals surface area contributed by atoms with Crippen molar-refractivity contribution in [3.8, 4) is 0 Å². The van der Waals surface area contributed by atoms with Gasteiger partial charge in [0.05, 0.1) is 13.2 Å². The lowest BCUT2D eigenvalue weighted by Crippen LogP contribution is -1.91.